The fourth-order valence-electron chi connectivity index (χ4n) is 3.76. The molecule has 3 aromatic carbocycles. The maximum Gasteiger partial charge on any atom is 0.329 e. The number of aliphatic imine (C=N–C) groups is 1. The zero-order chi connectivity index (χ0) is 27.5. The Hall–Kier alpha value is -4.26. The van der Waals surface area contributed by atoms with Crippen molar-refractivity contribution in [3.8, 4) is 0 Å². The molecule has 0 aliphatic heterocycles. The van der Waals surface area contributed by atoms with Crippen molar-refractivity contribution in [2.75, 3.05) is 6.54 Å². The number of ether oxygens (including phenoxy) is 1. The van der Waals surface area contributed by atoms with Crippen LogP contribution in [0.15, 0.2) is 96.0 Å². The van der Waals surface area contributed by atoms with E-state index in [4.69, 9.17) is 4.74 Å². The molecule has 0 saturated carbocycles. The summed E-state index contributed by atoms with van der Waals surface area (Å²) in [4.78, 5) is 43.1. The van der Waals surface area contributed by atoms with Gasteiger partial charge in [-0.05, 0) is 33.3 Å². The number of hydrogen-bond acceptors (Lipinski definition) is 5. The van der Waals surface area contributed by atoms with Crippen molar-refractivity contribution in [2.24, 2.45) is 4.99 Å². The highest BCUT2D eigenvalue weighted by Gasteiger charge is 2.28. The maximum absolute atomic E-state index is 13.0. The lowest BCUT2D eigenvalue weighted by atomic mass is 10.0. The number of benzene rings is 3. The van der Waals surface area contributed by atoms with E-state index in [2.05, 4.69) is 15.6 Å². The second-order valence-corrected chi connectivity index (χ2v) is 9.97. The molecule has 0 spiro atoms. The molecule has 2 atom stereocenters. The smallest absolute Gasteiger partial charge is 0.329 e. The predicted molar refractivity (Wildman–Crippen MR) is 149 cm³/mol. The van der Waals surface area contributed by atoms with E-state index in [9.17, 15) is 14.4 Å². The molecular formula is C31H35N3O4. The van der Waals surface area contributed by atoms with E-state index in [0.717, 1.165) is 16.7 Å². The van der Waals surface area contributed by atoms with E-state index >= 15 is 0 Å². The van der Waals surface area contributed by atoms with Gasteiger partial charge in [-0.15, -0.1) is 0 Å². The highest BCUT2D eigenvalue weighted by Crippen LogP contribution is 2.13. The van der Waals surface area contributed by atoms with Gasteiger partial charge in [-0.1, -0.05) is 91.0 Å². The number of nitrogens with one attached hydrogen (secondary N) is 2. The summed E-state index contributed by atoms with van der Waals surface area (Å²) in [5.74, 6) is -1.43. The quantitative estimate of drug-likeness (QED) is 0.315. The van der Waals surface area contributed by atoms with Crippen LogP contribution in [-0.2, 0) is 25.5 Å². The minimum atomic E-state index is -0.899. The third kappa shape index (κ3) is 9.00. The summed E-state index contributed by atoms with van der Waals surface area (Å²) in [5.41, 5.74) is 2.64. The number of hydrogen-bond donors (Lipinski definition) is 2. The van der Waals surface area contributed by atoms with Crippen LogP contribution in [0, 0.1) is 0 Å². The lowest BCUT2D eigenvalue weighted by molar-refractivity contribution is -0.158. The molecule has 38 heavy (non-hydrogen) atoms. The van der Waals surface area contributed by atoms with Crippen molar-refractivity contribution in [3.63, 3.8) is 0 Å². The highest BCUT2D eigenvalue weighted by molar-refractivity contribution is 6.13. The monoisotopic (exact) mass is 513 g/mol. The van der Waals surface area contributed by atoms with Crippen molar-refractivity contribution < 1.29 is 19.1 Å². The fourth-order valence-corrected chi connectivity index (χ4v) is 3.76. The van der Waals surface area contributed by atoms with Gasteiger partial charge >= 0.3 is 5.97 Å². The van der Waals surface area contributed by atoms with E-state index < -0.39 is 35.5 Å². The van der Waals surface area contributed by atoms with Crippen LogP contribution in [0.1, 0.15) is 44.4 Å². The largest absolute Gasteiger partial charge is 0.458 e. The molecule has 7 nitrogen and oxygen atoms in total. The Kier molecular flexibility index (Phi) is 9.93. The van der Waals surface area contributed by atoms with Gasteiger partial charge in [0.05, 0.1) is 5.71 Å². The van der Waals surface area contributed by atoms with Gasteiger partial charge in [0.1, 0.15) is 24.2 Å². The van der Waals surface area contributed by atoms with Gasteiger partial charge in [0.15, 0.2) is 0 Å². The van der Waals surface area contributed by atoms with Gasteiger partial charge in [0.25, 0.3) is 0 Å². The Morgan fingerprint density at radius 3 is 1.79 bits per heavy atom. The third-order valence-electron chi connectivity index (χ3n) is 5.54. The summed E-state index contributed by atoms with van der Waals surface area (Å²) < 4.78 is 5.52. The van der Waals surface area contributed by atoms with Crippen molar-refractivity contribution in [3.05, 3.63) is 108 Å². The molecule has 0 aliphatic carbocycles. The average Bonchev–Trinajstić information content (AvgIpc) is 2.89. The van der Waals surface area contributed by atoms with Crippen LogP contribution in [0.4, 0.5) is 0 Å². The molecule has 0 saturated heterocycles. The zero-order valence-corrected chi connectivity index (χ0v) is 22.3. The van der Waals surface area contributed by atoms with Crippen LogP contribution in [-0.4, -0.2) is 47.7 Å². The Morgan fingerprint density at radius 2 is 1.29 bits per heavy atom. The molecule has 2 amide bonds. The third-order valence-corrected chi connectivity index (χ3v) is 5.54. The Morgan fingerprint density at radius 1 is 0.789 bits per heavy atom. The molecule has 0 aromatic heterocycles. The van der Waals surface area contributed by atoms with E-state index in [1.807, 2.05) is 91.0 Å². The first-order chi connectivity index (χ1) is 18.1. The van der Waals surface area contributed by atoms with Crippen LogP contribution < -0.4 is 10.6 Å². The number of carbonyl (C=O) groups is 3. The minimum Gasteiger partial charge on any atom is -0.458 e. The van der Waals surface area contributed by atoms with Crippen LogP contribution in [0.5, 0.6) is 0 Å². The first-order valence-electron chi connectivity index (χ1n) is 12.6. The maximum atomic E-state index is 13.0. The fraction of sp³-hybridized carbons (Fsp3) is 0.290. The molecular weight excluding hydrogens is 478 g/mol. The van der Waals surface area contributed by atoms with E-state index in [1.54, 1.807) is 27.7 Å². The predicted octanol–water partition coefficient (Wildman–Crippen LogP) is 4.10. The first-order valence-corrected chi connectivity index (χ1v) is 12.6. The Bertz CT molecular complexity index is 1190. The molecule has 0 unspecified atom stereocenters. The van der Waals surface area contributed by atoms with Crippen LogP contribution in [0.2, 0.25) is 0 Å². The van der Waals surface area contributed by atoms with E-state index in [-0.39, 0.29) is 13.0 Å². The molecule has 198 valence electrons. The number of esters is 1. The number of carbonyl (C=O) groups excluding carboxylic acids is 3. The molecule has 0 aliphatic rings. The topological polar surface area (TPSA) is 96.9 Å². The van der Waals surface area contributed by atoms with Gasteiger partial charge in [0, 0.05) is 17.5 Å². The summed E-state index contributed by atoms with van der Waals surface area (Å²) in [7, 11) is 0. The first kappa shape index (κ1) is 28.3. The van der Waals surface area contributed by atoms with Gasteiger partial charge in [0.2, 0.25) is 11.8 Å². The second kappa shape index (κ2) is 13.3. The van der Waals surface area contributed by atoms with Crippen molar-refractivity contribution >= 4 is 23.5 Å². The van der Waals surface area contributed by atoms with E-state index in [1.165, 1.54) is 0 Å². The number of nitrogens with zero attached hydrogens (tertiary/aromatic N) is 1. The second-order valence-electron chi connectivity index (χ2n) is 9.97. The van der Waals surface area contributed by atoms with Crippen LogP contribution >= 0.6 is 0 Å². The lowest BCUT2D eigenvalue weighted by Gasteiger charge is -2.25. The summed E-state index contributed by atoms with van der Waals surface area (Å²) in [6.07, 6.45) is 0.268. The highest BCUT2D eigenvalue weighted by atomic mass is 16.6. The van der Waals surface area contributed by atoms with Crippen molar-refractivity contribution in [1.29, 1.82) is 0 Å². The molecule has 3 rings (SSSR count). The average molecular weight is 514 g/mol. The molecule has 0 heterocycles. The summed E-state index contributed by atoms with van der Waals surface area (Å²) in [6, 6.07) is 26.8. The number of amides is 2. The number of rotatable bonds is 10. The molecule has 0 fully saturated rings. The molecule has 2 N–H and O–H groups in total. The summed E-state index contributed by atoms with van der Waals surface area (Å²) >= 11 is 0. The van der Waals surface area contributed by atoms with E-state index in [0.29, 0.717) is 5.71 Å². The van der Waals surface area contributed by atoms with Crippen molar-refractivity contribution in [2.45, 2.75) is 51.8 Å². The lowest BCUT2D eigenvalue weighted by Crippen LogP contribution is -2.52. The molecule has 0 radical (unpaired) electrons. The normalized spacial score (nSPS) is 12.5. The Balaban J connectivity index is 1.67. The van der Waals surface area contributed by atoms with Gasteiger partial charge in [-0.2, -0.15) is 0 Å². The van der Waals surface area contributed by atoms with Crippen LogP contribution in [0.3, 0.4) is 0 Å². The summed E-state index contributed by atoms with van der Waals surface area (Å²) in [5, 5.41) is 5.43. The standard InChI is InChI=1S/C31H35N3O4/c1-22(29(36)34-26(30(37)38-31(2,3)4)20-23-14-8-5-9-15-23)33-27(35)21-32-28(24-16-10-6-11-17-24)25-18-12-7-13-19-25/h5-19,22,26H,20-21H2,1-4H3,(H,33,35)(H,34,36)/t22-,26+/m1/s1. The van der Waals surface area contributed by atoms with Crippen molar-refractivity contribution in [1.82, 2.24) is 10.6 Å². The molecule has 3 aromatic rings. The Labute approximate surface area is 224 Å². The zero-order valence-electron chi connectivity index (χ0n) is 22.3. The molecule has 7 heteroatoms. The van der Waals surface area contributed by atoms with Gasteiger partial charge in [-0.25, -0.2) is 4.79 Å². The summed E-state index contributed by atoms with van der Waals surface area (Å²) in [6.45, 7) is 6.73. The minimum absolute atomic E-state index is 0.156. The van der Waals surface area contributed by atoms with Gasteiger partial charge in [-0.3, -0.25) is 14.6 Å². The molecule has 0 bridgehead atoms. The SMILES string of the molecule is C[C@@H](NC(=O)CN=C(c1ccccc1)c1ccccc1)C(=O)N[C@@H](Cc1ccccc1)C(=O)OC(C)(C)C. The van der Waals surface area contributed by atoms with Gasteiger partial charge < -0.3 is 15.4 Å². The van der Waals surface area contributed by atoms with Crippen LogP contribution in [0.25, 0.3) is 0 Å².